The number of halogens is 2. The first-order valence-electron chi connectivity index (χ1n) is 6.87. The zero-order valence-electron chi connectivity index (χ0n) is 11.5. The Morgan fingerprint density at radius 1 is 1.00 bits per heavy atom. The van der Waals surface area contributed by atoms with Gasteiger partial charge in [-0.25, -0.2) is 4.98 Å². The van der Waals surface area contributed by atoms with Crippen molar-refractivity contribution in [1.82, 2.24) is 9.55 Å². The minimum Gasteiger partial charge on any atom is -0.333 e. The minimum atomic E-state index is -0.559. The Hall–Kier alpha value is -1.81. The van der Waals surface area contributed by atoms with Gasteiger partial charge >= 0.3 is 0 Å². The molecule has 0 spiro atoms. The third-order valence-electron chi connectivity index (χ3n) is 3.91. The Bertz CT molecular complexity index is 802. The van der Waals surface area contributed by atoms with Crippen LogP contribution < -0.4 is 0 Å². The summed E-state index contributed by atoms with van der Waals surface area (Å²) in [5.74, 6) is 0. The third-order valence-corrected chi connectivity index (χ3v) is 4.40. The molecule has 1 saturated heterocycles. The number of aromatic nitrogens is 2. The van der Waals surface area contributed by atoms with Crippen LogP contribution in [0.25, 0.3) is 0 Å². The summed E-state index contributed by atoms with van der Waals surface area (Å²) >= 11 is 12.2. The summed E-state index contributed by atoms with van der Waals surface area (Å²) in [5, 5.41) is 1.38. The fourth-order valence-corrected chi connectivity index (χ4v) is 3.14. The first-order valence-corrected chi connectivity index (χ1v) is 7.63. The second-order valence-electron chi connectivity index (χ2n) is 5.23. The summed E-state index contributed by atoms with van der Waals surface area (Å²) in [6.07, 6.45) is 5.25. The summed E-state index contributed by atoms with van der Waals surface area (Å²) in [7, 11) is 0. The number of nitrogens with zero attached hydrogens (tertiary/aromatic N) is 2. The first kappa shape index (κ1) is 13.8. The third kappa shape index (κ3) is 2.13. The van der Waals surface area contributed by atoms with Gasteiger partial charge in [0.15, 0.2) is 11.8 Å². The molecule has 1 aliphatic heterocycles. The Morgan fingerprint density at radius 2 is 1.82 bits per heavy atom. The molecular formula is C17H12Cl2N2O. The number of epoxide rings is 1. The molecule has 22 heavy (non-hydrogen) atoms. The van der Waals surface area contributed by atoms with Gasteiger partial charge in [0.05, 0.1) is 6.33 Å². The van der Waals surface area contributed by atoms with Crippen LogP contribution >= 0.6 is 23.2 Å². The van der Waals surface area contributed by atoms with Crippen LogP contribution in [0.5, 0.6) is 0 Å². The average molecular weight is 331 g/mol. The summed E-state index contributed by atoms with van der Waals surface area (Å²) in [4.78, 5) is 4.10. The number of hydrogen-bond acceptors (Lipinski definition) is 2. The van der Waals surface area contributed by atoms with Gasteiger partial charge in [-0.15, -0.1) is 0 Å². The van der Waals surface area contributed by atoms with Gasteiger partial charge in [-0.05, 0) is 35.4 Å². The summed E-state index contributed by atoms with van der Waals surface area (Å²) in [6.45, 7) is 0. The van der Waals surface area contributed by atoms with Crippen molar-refractivity contribution in [3.05, 3.63) is 88.4 Å². The first-order chi connectivity index (χ1) is 10.7. The van der Waals surface area contributed by atoms with Crippen LogP contribution in [0.3, 0.4) is 0 Å². The maximum atomic E-state index is 6.17. The van der Waals surface area contributed by atoms with Crippen molar-refractivity contribution in [2.24, 2.45) is 0 Å². The van der Waals surface area contributed by atoms with Crippen LogP contribution in [0.15, 0.2) is 67.3 Å². The Kier molecular flexibility index (Phi) is 3.22. The van der Waals surface area contributed by atoms with Gasteiger partial charge in [0.1, 0.15) is 0 Å². The quantitative estimate of drug-likeness (QED) is 0.653. The van der Waals surface area contributed by atoms with Crippen molar-refractivity contribution < 1.29 is 4.74 Å². The zero-order valence-corrected chi connectivity index (χ0v) is 13.0. The predicted molar refractivity (Wildman–Crippen MR) is 86.0 cm³/mol. The van der Waals surface area contributed by atoms with Crippen molar-refractivity contribution >= 4 is 23.2 Å². The van der Waals surface area contributed by atoms with Gasteiger partial charge < -0.3 is 9.30 Å². The maximum Gasteiger partial charge on any atom is 0.174 e. The van der Waals surface area contributed by atoms with Crippen molar-refractivity contribution in [1.29, 1.82) is 0 Å². The molecule has 110 valence electrons. The lowest BCUT2D eigenvalue weighted by Gasteiger charge is -2.15. The highest BCUT2D eigenvalue weighted by atomic mass is 35.5. The van der Waals surface area contributed by atoms with E-state index >= 15 is 0 Å². The lowest BCUT2D eigenvalue weighted by atomic mass is 9.90. The fourth-order valence-electron chi connectivity index (χ4n) is 2.83. The highest BCUT2D eigenvalue weighted by Gasteiger charge is 2.60. The second-order valence-corrected chi connectivity index (χ2v) is 6.11. The molecule has 0 saturated carbocycles. The van der Waals surface area contributed by atoms with Gasteiger partial charge in [-0.1, -0.05) is 47.5 Å². The molecule has 3 nitrogen and oxygen atoms in total. The van der Waals surface area contributed by atoms with Crippen molar-refractivity contribution in [2.45, 2.75) is 11.8 Å². The van der Waals surface area contributed by atoms with E-state index in [4.69, 9.17) is 27.9 Å². The van der Waals surface area contributed by atoms with Gasteiger partial charge in [0.25, 0.3) is 0 Å². The molecule has 0 aliphatic carbocycles. The Balaban J connectivity index is 1.85. The number of imidazole rings is 1. The van der Waals surface area contributed by atoms with Gasteiger partial charge in [0, 0.05) is 22.4 Å². The fraction of sp³-hybridized carbons (Fsp3) is 0.118. The van der Waals surface area contributed by atoms with E-state index in [9.17, 15) is 0 Å². The molecule has 2 atom stereocenters. The van der Waals surface area contributed by atoms with Gasteiger partial charge in [0.2, 0.25) is 0 Å². The van der Waals surface area contributed by atoms with Crippen LogP contribution in [0.2, 0.25) is 10.0 Å². The molecule has 0 amide bonds. The molecule has 1 aliphatic rings. The molecule has 2 unspecified atom stereocenters. The minimum absolute atomic E-state index is 0.144. The number of ether oxygens (including phenoxy) is 1. The van der Waals surface area contributed by atoms with E-state index in [1.807, 2.05) is 59.3 Å². The van der Waals surface area contributed by atoms with Crippen molar-refractivity contribution in [3.8, 4) is 0 Å². The SMILES string of the molecule is Clc1ccc(C2(c3cccc(Cl)c3)OC2n2ccnc2)cc1. The normalized spacial score (nSPS) is 23.5. The summed E-state index contributed by atoms with van der Waals surface area (Å²) in [5.41, 5.74) is 1.50. The van der Waals surface area contributed by atoms with E-state index in [0.717, 1.165) is 11.1 Å². The van der Waals surface area contributed by atoms with Crippen LogP contribution in [-0.2, 0) is 10.3 Å². The lowest BCUT2D eigenvalue weighted by molar-refractivity contribution is 0.304. The number of hydrogen-bond donors (Lipinski definition) is 0. The molecule has 0 N–H and O–H groups in total. The van der Waals surface area contributed by atoms with E-state index in [2.05, 4.69) is 4.98 Å². The van der Waals surface area contributed by atoms with Crippen molar-refractivity contribution in [2.75, 3.05) is 0 Å². The van der Waals surface area contributed by atoms with E-state index in [-0.39, 0.29) is 6.23 Å². The molecule has 0 radical (unpaired) electrons. The van der Waals surface area contributed by atoms with Crippen molar-refractivity contribution in [3.63, 3.8) is 0 Å². The topological polar surface area (TPSA) is 30.4 Å². The van der Waals surface area contributed by atoms with E-state index in [0.29, 0.717) is 10.0 Å². The lowest BCUT2D eigenvalue weighted by Crippen LogP contribution is -2.14. The highest BCUT2D eigenvalue weighted by Crippen LogP contribution is 2.58. The average Bonchev–Trinajstić information content (AvgIpc) is 3.04. The smallest absolute Gasteiger partial charge is 0.174 e. The molecule has 2 heterocycles. The zero-order chi connectivity index (χ0) is 15.2. The van der Waals surface area contributed by atoms with E-state index in [1.165, 1.54) is 0 Å². The van der Waals surface area contributed by atoms with Crippen LogP contribution in [-0.4, -0.2) is 9.55 Å². The molecular weight excluding hydrogens is 319 g/mol. The monoisotopic (exact) mass is 330 g/mol. The standard InChI is InChI=1S/C17H12Cl2N2O/c18-14-6-4-12(5-7-14)17(13-2-1-3-15(19)10-13)16(22-17)21-9-8-20-11-21/h1-11,16H. The Labute approximate surface area is 138 Å². The summed E-state index contributed by atoms with van der Waals surface area (Å²) in [6, 6.07) is 15.5. The van der Waals surface area contributed by atoms with E-state index < -0.39 is 5.60 Å². The number of rotatable bonds is 3. The van der Waals surface area contributed by atoms with E-state index in [1.54, 1.807) is 12.5 Å². The van der Waals surface area contributed by atoms with Crippen LogP contribution in [0, 0.1) is 0 Å². The highest BCUT2D eigenvalue weighted by molar-refractivity contribution is 6.30. The van der Waals surface area contributed by atoms with Crippen LogP contribution in [0.4, 0.5) is 0 Å². The molecule has 2 aromatic carbocycles. The number of benzene rings is 2. The molecule has 1 aromatic heterocycles. The maximum absolute atomic E-state index is 6.17. The largest absolute Gasteiger partial charge is 0.333 e. The molecule has 4 rings (SSSR count). The molecule has 3 aromatic rings. The Morgan fingerprint density at radius 3 is 2.50 bits per heavy atom. The molecule has 1 fully saturated rings. The molecule has 5 heteroatoms. The van der Waals surface area contributed by atoms with Gasteiger partial charge in [-0.2, -0.15) is 0 Å². The summed E-state index contributed by atoms with van der Waals surface area (Å²) < 4.78 is 8.09. The van der Waals surface area contributed by atoms with Gasteiger partial charge in [-0.3, -0.25) is 0 Å². The second kappa shape index (κ2) is 5.13. The van der Waals surface area contributed by atoms with Crippen LogP contribution in [0.1, 0.15) is 17.4 Å². The predicted octanol–water partition coefficient (Wildman–Crippen LogP) is 4.66. The molecule has 0 bridgehead atoms.